The van der Waals surface area contributed by atoms with Gasteiger partial charge in [0.05, 0.1) is 11.9 Å². The van der Waals surface area contributed by atoms with Crippen molar-refractivity contribution in [3.05, 3.63) is 65.2 Å². The number of rotatable bonds is 3. The first-order chi connectivity index (χ1) is 9.33. The Kier molecular flexibility index (Phi) is 3.42. The molecule has 1 N–H and O–H groups in total. The Balaban J connectivity index is 1.84. The third kappa shape index (κ3) is 2.74. The lowest BCUT2D eigenvalue weighted by atomic mass is 10.1. The number of hydrogen-bond donors (Lipinski definition) is 1. The molecular weight excluding hydrogens is 302 g/mol. The van der Waals surface area contributed by atoms with Crippen molar-refractivity contribution in [3.63, 3.8) is 0 Å². The number of benzene rings is 1. The fourth-order valence-corrected chi connectivity index (χ4v) is 2.26. The van der Waals surface area contributed by atoms with Gasteiger partial charge < -0.3 is 5.32 Å². The highest BCUT2D eigenvalue weighted by molar-refractivity contribution is 9.10. The summed E-state index contributed by atoms with van der Waals surface area (Å²) in [6, 6.07) is 12.2. The van der Waals surface area contributed by atoms with E-state index in [1.165, 1.54) is 10.9 Å². The molecule has 3 aromatic rings. The molecule has 0 spiro atoms. The van der Waals surface area contributed by atoms with E-state index in [2.05, 4.69) is 49.4 Å². The summed E-state index contributed by atoms with van der Waals surface area (Å²) >= 11 is 3.33. The van der Waals surface area contributed by atoms with Crippen LogP contribution < -0.4 is 5.32 Å². The van der Waals surface area contributed by atoms with Crippen molar-refractivity contribution in [2.24, 2.45) is 0 Å². The van der Waals surface area contributed by atoms with Crippen LogP contribution in [0.5, 0.6) is 0 Å². The molecule has 0 aliphatic carbocycles. The summed E-state index contributed by atoms with van der Waals surface area (Å²) in [5.74, 6) is 0. The predicted octanol–water partition coefficient (Wildman–Crippen LogP) is 4.00. The standard InChI is InChI=1S/C15H12BrN3/c16-15-5-4-13(10-19-15)18-9-12-3-1-2-11-8-17-7-6-14(11)12/h1-8,10,18H,9H2. The first kappa shape index (κ1) is 12.1. The molecule has 0 aliphatic rings. The molecule has 2 heterocycles. The zero-order valence-corrected chi connectivity index (χ0v) is 11.8. The van der Waals surface area contributed by atoms with Crippen molar-refractivity contribution in [1.82, 2.24) is 9.97 Å². The lowest BCUT2D eigenvalue weighted by Gasteiger charge is -2.09. The largest absolute Gasteiger partial charge is 0.380 e. The van der Waals surface area contributed by atoms with Gasteiger partial charge in [0.15, 0.2) is 0 Å². The molecule has 0 bridgehead atoms. The molecule has 3 rings (SSSR count). The second-order valence-electron chi connectivity index (χ2n) is 4.24. The highest BCUT2D eigenvalue weighted by Crippen LogP contribution is 2.19. The SMILES string of the molecule is Brc1ccc(NCc2cccc3cnccc23)cn1. The normalized spacial score (nSPS) is 10.6. The number of halogens is 1. The number of nitrogens with zero attached hydrogens (tertiary/aromatic N) is 2. The van der Waals surface area contributed by atoms with Gasteiger partial charge in [-0.3, -0.25) is 4.98 Å². The van der Waals surface area contributed by atoms with Crippen molar-refractivity contribution in [1.29, 1.82) is 0 Å². The topological polar surface area (TPSA) is 37.8 Å². The lowest BCUT2D eigenvalue weighted by Crippen LogP contribution is -2.00. The highest BCUT2D eigenvalue weighted by Gasteiger charge is 2.00. The van der Waals surface area contributed by atoms with E-state index in [0.29, 0.717) is 0 Å². The van der Waals surface area contributed by atoms with Crippen LogP contribution in [-0.4, -0.2) is 9.97 Å². The van der Waals surface area contributed by atoms with Gasteiger partial charge >= 0.3 is 0 Å². The monoisotopic (exact) mass is 313 g/mol. The predicted molar refractivity (Wildman–Crippen MR) is 81.0 cm³/mol. The average molecular weight is 314 g/mol. The first-order valence-electron chi connectivity index (χ1n) is 6.00. The van der Waals surface area contributed by atoms with E-state index < -0.39 is 0 Å². The van der Waals surface area contributed by atoms with Crippen molar-refractivity contribution < 1.29 is 0 Å². The van der Waals surface area contributed by atoms with Crippen LogP contribution in [0.1, 0.15) is 5.56 Å². The molecule has 0 amide bonds. The molecule has 0 saturated carbocycles. The van der Waals surface area contributed by atoms with Crippen LogP contribution in [0.2, 0.25) is 0 Å². The summed E-state index contributed by atoms with van der Waals surface area (Å²) < 4.78 is 0.842. The van der Waals surface area contributed by atoms with E-state index in [1.54, 1.807) is 0 Å². The van der Waals surface area contributed by atoms with Crippen LogP contribution in [-0.2, 0) is 6.54 Å². The average Bonchev–Trinajstić information content (AvgIpc) is 2.47. The van der Waals surface area contributed by atoms with Crippen LogP contribution in [0.15, 0.2) is 59.6 Å². The van der Waals surface area contributed by atoms with Crippen LogP contribution in [0.4, 0.5) is 5.69 Å². The van der Waals surface area contributed by atoms with Crippen LogP contribution in [0, 0.1) is 0 Å². The Morgan fingerprint density at radius 3 is 2.84 bits per heavy atom. The maximum absolute atomic E-state index is 4.20. The Morgan fingerprint density at radius 1 is 1.05 bits per heavy atom. The van der Waals surface area contributed by atoms with Crippen molar-refractivity contribution in [2.75, 3.05) is 5.32 Å². The third-order valence-electron chi connectivity index (χ3n) is 2.98. The van der Waals surface area contributed by atoms with Gasteiger partial charge in [0.25, 0.3) is 0 Å². The summed E-state index contributed by atoms with van der Waals surface area (Å²) in [6.45, 7) is 0.769. The van der Waals surface area contributed by atoms with E-state index in [9.17, 15) is 0 Å². The van der Waals surface area contributed by atoms with E-state index in [1.807, 2.05) is 36.8 Å². The minimum absolute atomic E-state index is 0.769. The third-order valence-corrected chi connectivity index (χ3v) is 3.45. The second kappa shape index (κ2) is 5.36. The minimum atomic E-state index is 0.769. The van der Waals surface area contributed by atoms with Gasteiger partial charge in [0, 0.05) is 24.3 Å². The fourth-order valence-electron chi connectivity index (χ4n) is 2.02. The Labute approximate surface area is 119 Å². The molecule has 1 aromatic carbocycles. The number of aromatic nitrogens is 2. The molecule has 0 atom stereocenters. The summed E-state index contributed by atoms with van der Waals surface area (Å²) in [5, 5.41) is 5.77. The van der Waals surface area contributed by atoms with Crippen molar-refractivity contribution >= 4 is 32.4 Å². The maximum Gasteiger partial charge on any atom is 0.106 e. The van der Waals surface area contributed by atoms with Crippen LogP contribution in [0.25, 0.3) is 10.8 Å². The molecular formula is C15H12BrN3. The van der Waals surface area contributed by atoms with E-state index in [0.717, 1.165) is 22.2 Å². The minimum Gasteiger partial charge on any atom is -0.380 e. The van der Waals surface area contributed by atoms with E-state index >= 15 is 0 Å². The van der Waals surface area contributed by atoms with Gasteiger partial charge in [0.1, 0.15) is 4.60 Å². The maximum atomic E-state index is 4.20. The van der Waals surface area contributed by atoms with Gasteiger partial charge in [-0.2, -0.15) is 0 Å². The van der Waals surface area contributed by atoms with Crippen LogP contribution in [0.3, 0.4) is 0 Å². The fraction of sp³-hybridized carbons (Fsp3) is 0.0667. The summed E-state index contributed by atoms with van der Waals surface area (Å²) in [5.41, 5.74) is 2.26. The molecule has 0 unspecified atom stereocenters. The van der Waals surface area contributed by atoms with Gasteiger partial charge in [-0.05, 0) is 45.1 Å². The van der Waals surface area contributed by atoms with Crippen molar-refractivity contribution in [3.8, 4) is 0 Å². The molecule has 2 aromatic heterocycles. The van der Waals surface area contributed by atoms with Gasteiger partial charge in [-0.25, -0.2) is 4.98 Å². The molecule has 3 nitrogen and oxygen atoms in total. The number of nitrogens with one attached hydrogen (secondary N) is 1. The van der Waals surface area contributed by atoms with Gasteiger partial charge in [0.2, 0.25) is 0 Å². The molecule has 19 heavy (non-hydrogen) atoms. The smallest absolute Gasteiger partial charge is 0.106 e. The van der Waals surface area contributed by atoms with E-state index in [4.69, 9.17) is 0 Å². The Bertz CT molecular complexity index is 690. The zero-order valence-electron chi connectivity index (χ0n) is 10.2. The number of hydrogen-bond acceptors (Lipinski definition) is 3. The Hall–Kier alpha value is -1.94. The van der Waals surface area contributed by atoms with E-state index in [-0.39, 0.29) is 0 Å². The second-order valence-corrected chi connectivity index (χ2v) is 5.05. The molecule has 4 heteroatoms. The summed E-state index contributed by atoms with van der Waals surface area (Å²) in [7, 11) is 0. The first-order valence-corrected chi connectivity index (χ1v) is 6.79. The quantitative estimate of drug-likeness (QED) is 0.743. The van der Waals surface area contributed by atoms with Gasteiger partial charge in [-0.15, -0.1) is 0 Å². The summed E-state index contributed by atoms with van der Waals surface area (Å²) in [4.78, 5) is 8.34. The zero-order chi connectivity index (χ0) is 13.1. The number of fused-ring (bicyclic) bond motifs is 1. The molecule has 0 saturated heterocycles. The lowest BCUT2D eigenvalue weighted by molar-refractivity contribution is 1.14. The highest BCUT2D eigenvalue weighted by atomic mass is 79.9. The molecule has 0 radical (unpaired) electrons. The van der Waals surface area contributed by atoms with Crippen molar-refractivity contribution in [2.45, 2.75) is 6.54 Å². The molecule has 0 fully saturated rings. The van der Waals surface area contributed by atoms with Gasteiger partial charge in [-0.1, -0.05) is 18.2 Å². The molecule has 94 valence electrons. The molecule has 0 aliphatic heterocycles. The Morgan fingerprint density at radius 2 is 2.00 bits per heavy atom. The number of anilines is 1. The summed E-state index contributed by atoms with van der Waals surface area (Å²) in [6.07, 6.45) is 5.53. The number of pyridine rings is 2. The van der Waals surface area contributed by atoms with Crippen LogP contribution >= 0.6 is 15.9 Å².